The molecule has 0 saturated carbocycles. The Hall–Kier alpha value is -2.49. The molecule has 0 saturated heterocycles. The Labute approximate surface area is 161 Å². The fourth-order valence-electron chi connectivity index (χ4n) is 3.43. The summed E-state index contributed by atoms with van der Waals surface area (Å²) in [5.41, 5.74) is 3.15. The standard InChI is InChI=1S/C23H29NO3/c1-16-7-10-18(11-8-16)26-13-5-6-22(25)24-20-15-23(3,4)27-21-12-9-17(2)14-19(20)21/h7-12,14,20H,5-6,13,15H2,1-4H3,(H,24,25). The number of aryl methyl sites for hydroxylation is 2. The normalized spacial score (nSPS) is 17.6. The highest BCUT2D eigenvalue weighted by molar-refractivity contribution is 5.76. The van der Waals surface area contributed by atoms with Gasteiger partial charge in [0.1, 0.15) is 17.1 Å². The van der Waals surface area contributed by atoms with Gasteiger partial charge in [0.25, 0.3) is 0 Å². The van der Waals surface area contributed by atoms with E-state index >= 15 is 0 Å². The highest BCUT2D eigenvalue weighted by Crippen LogP contribution is 2.39. The van der Waals surface area contributed by atoms with Gasteiger partial charge in [-0.15, -0.1) is 0 Å². The van der Waals surface area contributed by atoms with Crippen LogP contribution in [-0.2, 0) is 4.79 Å². The Balaban J connectivity index is 1.53. The van der Waals surface area contributed by atoms with Crippen molar-refractivity contribution in [3.63, 3.8) is 0 Å². The zero-order valence-corrected chi connectivity index (χ0v) is 16.7. The maximum absolute atomic E-state index is 12.5. The van der Waals surface area contributed by atoms with E-state index < -0.39 is 0 Å². The molecule has 2 aromatic carbocycles. The van der Waals surface area contributed by atoms with Gasteiger partial charge in [-0.1, -0.05) is 35.4 Å². The molecule has 1 heterocycles. The summed E-state index contributed by atoms with van der Waals surface area (Å²) in [5, 5.41) is 3.19. The number of fused-ring (bicyclic) bond motifs is 1. The first-order chi connectivity index (χ1) is 12.8. The molecule has 0 bridgehead atoms. The van der Waals surface area contributed by atoms with Gasteiger partial charge in [-0.25, -0.2) is 0 Å². The monoisotopic (exact) mass is 367 g/mol. The third kappa shape index (κ3) is 5.25. The van der Waals surface area contributed by atoms with E-state index in [0.717, 1.165) is 23.5 Å². The number of ether oxygens (including phenoxy) is 2. The maximum Gasteiger partial charge on any atom is 0.220 e. The van der Waals surface area contributed by atoms with Crippen LogP contribution in [0.3, 0.4) is 0 Å². The summed E-state index contributed by atoms with van der Waals surface area (Å²) in [6.45, 7) is 8.76. The molecule has 0 aliphatic carbocycles. The van der Waals surface area contributed by atoms with Crippen LogP contribution in [0, 0.1) is 13.8 Å². The Morgan fingerprint density at radius 3 is 2.59 bits per heavy atom. The molecule has 1 N–H and O–H groups in total. The van der Waals surface area contributed by atoms with Crippen LogP contribution < -0.4 is 14.8 Å². The molecule has 0 aromatic heterocycles. The quantitative estimate of drug-likeness (QED) is 0.740. The molecule has 0 fully saturated rings. The van der Waals surface area contributed by atoms with Gasteiger partial charge < -0.3 is 14.8 Å². The van der Waals surface area contributed by atoms with Crippen molar-refractivity contribution in [2.24, 2.45) is 0 Å². The second-order valence-electron chi connectivity index (χ2n) is 7.99. The SMILES string of the molecule is Cc1ccc(OCCCC(=O)NC2CC(C)(C)Oc3ccc(C)cc32)cc1. The number of carbonyl (C=O) groups is 1. The van der Waals surface area contributed by atoms with E-state index in [9.17, 15) is 4.79 Å². The van der Waals surface area contributed by atoms with Crippen LogP contribution in [0.15, 0.2) is 42.5 Å². The molecular weight excluding hydrogens is 338 g/mol. The van der Waals surface area contributed by atoms with Crippen LogP contribution in [0.2, 0.25) is 0 Å². The number of hydrogen-bond donors (Lipinski definition) is 1. The summed E-state index contributed by atoms with van der Waals surface area (Å²) >= 11 is 0. The summed E-state index contributed by atoms with van der Waals surface area (Å²) in [6, 6.07) is 14.1. The lowest BCUT2D eigenvalue weighted by Crippen LogP contribution is -2.41. The van der Waals surface area contributed by atoms with Crippen molar-refractivity contribution in [1.29, 1.82) is 0 Å². The van der Waals surface area contributed by atoms with E-state index in [4.69, 9.17) is 9.47 Å². The molecule has 0 spiro atoms. The predicted octanol–water partition coefficient (Wildman–Crippen LogP) is 4.88. The van der Waals surface area contributed by atoms with Crippen LogP contribution in [0.1, 0.15) is 55.8 Å². The second-order valence-corrected chi connectivity index (χ2v) is 7.99. The summed E-state index contributed by atoms with van der Waals surface area (Å²) in [4.78, 5) is 12.5. The molecule has 2 aromatic rings. The van der Waals surface area contributed by atoms with Crippen molar-refractivity contribution in [2.75, 3.05) is 6.61 Å². The fourth-order valence-corrected chi connectivity index (χ4v) is 3.43. The van der Waals surface area contributed by atoms with Gasteiger partial charge in [0.2, 0.25) is 5.91 Å². The highest BCUT2D eigenvalue weighted by Gasteiger charge is 2.34. The van der Waals surface area contributed by atoms with E-state index in [2.05, 4.69) is 32.2 Å². The van der Waals surface area contributed by atoms with E-state index in [0.29, 0.717) is 19.4 Å². The van der Waals surface area contributed by atoms with Gasteiger partial charge in [0.15, 0.2) is 0 Å². The second kappa shape index (κ2) is 8.03. The van der Waals surface area contributed by atoms with Gasteiger partial charge in [-0.05, 0) is 52.3 Å². The summed E-state index contributed by atoms with van der Waals surface area (Å²) < 4.78 is 11.8. The number of carbonyl (C=O) groups excluding carboxylic acids is 1. The predicted molar refractivity (Wildman–Crippen MR) is 107 cm³/mol. The van der Waals surface area contributed by atoms with Crippen molar-refractivity contribution in [1.82, 2.24) is 5.32 Å². The minimum absolute atomic E-state index is 0.0193. The highest BCUT2D eigenvalue weighted by atomic mass is 16.5. The van der Waals surface area contributed by atoms with E-state index in [1.54, 1.807) is 0 Å². The number of hydrogen-bond acceptors (Lipinski definition) is 3. The first-order valence-corrected chi connectivity index (χ1v) is 9.61. The minimum atomic E-state index is -0.297. The number of amides is 1. The molecule has 0 radical (unpaired) electrons. The average molecular weight is 367 g/mol. The van der Waals surface area contributed by atoms with Crippen LogP contribution in [0.4, 0.5) is 0 Å². The minimum Gasteiger partial charge on any atom is -0.494 e. The van der Waals surface area contributed by atoms with E-state index in [1.165, 1.54) is 11.1 Å². The van der Waals surface area contributed by atoms with E-state index in [1.807, 2.05) is 43.3 Å². The molecule has 1 aliphatic heterocycles. The Kier molecular flexibility index (Phi) is 5.73. The molecule has 4 nitrogen and oxygen atoms in total. The smallest absolute Gasteiger partial charge is 0.220 e. The molecule has 27 heavy (non-hydrogen) atoms. The molecule has 4 heteroatoms. The molecule has 3 rings (SSSR count). The van der Waals surface area contributed by atoms with Crippen LogP contribution >= 0.6 is 0 Å². The summed E-state index contributed by atoms with van der Waals surface area (Å²) in [6.07, 6.45) is 1.90. The third-order valence-electron chi connectivity index (χ3n) is 4.80. The fraction of sp³-hybridized carbons (Fsp3) is 0.435. The lowest BCUT2D eigenvalue weighted by atomic mass is 9.89. The maximum atomic E-state index is 12.5. The summed E-state index contributed by atoms with van der Waals surface area (Å²) in [5.74, 6) is 1.76. The largest absolute Gasteiger partial charge is 0.494 e. The molecule has 1 unspecified atom stereocenters. The molecule has 1 amide bonds. The van der Waals surface area contributed by atoms with Gasteiger partial charge in [-0.3, -0.25) is 4.79 Å². The van der Waals surface area contributed by atoms with Crippen molar-refractivity contribution < 1.29 is 14.3 Å². The number of rotatable bonds is 6. The first-order valence-electron chi connectivity index (χ1n) is 9.61. The number of benzene rings is 2. The van der Waals surface area contributed by atoms with Gasteiger partial charge >= 0.3 is 0 Å². The number of nitrogens with one attached hydrogen (secondary N) is 1. The molecule has 144 valence electrons. The Morgan fingerprint density at radius 2 is 1.85 bits per heavy atom. The van der Waals surface area contributed by atoms with E-state index in [-0.39, 0.29) is 17.6 Å². The Morgan fingerprint density at radius 1 is 1.15 bits per heavy atom. The van der Waals surface area contributed by atoms with Crippen LogP contribution in [0.25, 0.3) is 0 Å². The topological polar surface area (TPSA) is 47.6 Å². The lowest BCUT2D eigenvalue weighted by molar-refractivity contribution is -0.122. The molecular formula is C23H29NO3. The zero-order valence-electron chi connectivity index (χ0n) is 16.7. The molecule has 1 atom stereocenters. The third-order valence-corrected chi connectivity index (χ3v) is 4.80. The van der Waals surface area contributed by atoms with Gasteiger partial charge in [-0.2, -0.15) is 0 Å². The van der Waals surface area contributed by atoms with Gasteiger partial charge in [0, 0.05) is 18.4 Å². The average Bonchev–Trinajstić information content (AvgIpc) is 2.60. The van der Waals surface area contributed by atoms with Crippen molar-refractivity contribution in [3.8, 4) is 11.5 Å². The van der Waals surface area contributed by atoms with Crippen LogP contribution in [-0.4, -0.2) is 18.1 Å². The van der Waals surface area contributed by atoms with Crippen molar-refractivity contribution >= 4 is 5.91 Å². The van der Waals surface area contributed by atoms with Crippen molar-refractivity contribution in [2.45, 2.75) is 58.6 Å². The first kappa shape index (κ1) is 19.3. The summed E-state index contributed by atoms with van der Waals surface area (Å²) in [7, 11) is 0. The lowest BCUT2D eigenvalue weighted by Gasteiger charge is -2.38. The van der Waals surface area contributed by atoms with Gasteiger partial charge in [0.05, 0.1) is 12.6 Å². The Bertz CT molecular complexity index is 796. The van der Waals surface area contributed by atoms with Crippen molar-refractivity contribution in [3.05, 3.63) is 59.2 Å². The van der Waals surface area contributed by atoms with Crippen LogP contribution in [0.5, 0.6) is 11.5 Å². The zero-order chi connectivity index (χ0) is 19.4. The molecule has 1 aliphatic rings.